The molecule has 0 aliphatic carbocycles. The number of nitro groups is 1. The van der Waals surface area contributed by atoms with Crippen LogP contribution in [0.2, 0.25) is 0 Å². The monoisotopic (exact) mass is 246 g/mol. The SMILES string of the molecule is C#CC(CC)NC(=O)c1cccc([N+](=O)[O-])c1C. The molecule has 0 aliphatic heterocycles. The van der Waals surface area contributed by atoms with Crippen LogP contribution >= 0.6 is 0 Å². The van der Waals surface area contributed by atoms with Gasteiger partial charge in [-0.05, 0) is 19.4 Å². The van der Waals surface area contributed by atoms with Crippen LogP contribution in [0.15, 0.2) is 18.2 Å². The van der Waals surface area contributed by atoms with Crippen LogP contribution in [0.1, 0.15) is 29.3 Å². The van der Waals surface area contributed by atoms with Crippen molar-refractivity contribution in [1.82, 2.24) is 5.32 Å². The van der Waals surface area contributed by atoms with Crippen molar-refractivity contribution in [2.75, 3.05) is 0 Å². The van der Waals surface area contributed by atoms with Crippen LogP contribution in [-0.4, -0.2) is 16.9 Å². The van der Waals surface area contributed by atoms with Crippen LogP contribution in [0.3, 0.4) is 0 Å². The zero-order valence-corrected chi connectivity index (χ0v) is 10.3. The molecule has 0 saturated carbocycles. The molecule has 0 heterocycles. The summed E-state index contributed by atoms with van der Waals surface area (Å²) >= 11 is 0. The van der Waals surface area contributed by atoms with Crippen LogP contribution in [0, 0.1) is 29.4 Å². The standard InChI is InChI=1S/C13H14N2O3/c1-4-10(5-2)14-13(16)11-7-6-8-12(9(11)3)15(17)18/h1,6-8,10H,5H2,2-3H3,(H,14,16). The quantitative estimate of drug-likeness (QED) is 0.502. The predicted octanol–water partition coefficient (Wildman–Crippen LogP) is 2.04. The molecule has 0 bridgehead atoms. The fraction of sp³-hybridized carbons (Fsp3) is 0.308. The Morgan fingerprint density at radius 2 is 2.28 bits per heavy atom. The third kappa shape index (κ3) is 2.86. The minimum absolute atomic E-state index is 0.0728. The van der Waals surface area contributed by atoms with Crippen molar-refractivity contribution in [1.29, 1.82) is 0 Å². The predicted molar refractivity (Wildman–Crippen MR) is 68.2 cm³/mol. The molecule has 1 aromatic rings. The van der Waals surface area contributed by atoms with Crippen molar-refractivity contribution in [2.24, 2.45) is 0 Å². The highest BCUT2D eigenvalue weighted by molar-refractivity contribution is 5.96. The van der Waals surface area contributed by atoms with Gasteiger partial charge in [0.15, 0.2) is 0 Å². The first kappa shape index (κ1) is 13.7. The normalized spacial score (nSPS) is 11.4. The second-order valence-electron chi connectivity index (χ2n) is 3.81. The number of nitrogens with one attached hydrogen (secondary N) is 1. The van der Waals surface area contributed by atoms with Crippen LogP contribution in [0.4, 0.5) is 5.69 Å². The highest BCUT2D eigenvalue weighted by atomic mass is 16.6. The fourth-order valence-corrected chi connectivity index (χ4v) is 1.56. The maximum Gasteiger partial charge on any atom is 0.273 e. The number of hydrogen-bond acceptors (Lipinski definition) is 3. The molecule has 0 radical (unpaired) electrons. The second kappa shape index (κ2) is 5.82. The van der Waals surface area contributed by atoms with Gasteiger partial charge in [0.05, 0.1) is 11.0 Å². The van der Waals surface area contributed by atoms with E-state index in [2.05, 4.69) is 11.2 Å². The van der Waals surface area contributed by atoms with Gasteiger partial charge in [-0.1, -0.05) is 18.9 Å². The van der Waals surface area contributed by atoms with E-state index >= 15 is 0 Å². The molecule has 1 N–H and O–H groups in total. The molecule has 0 spiro atoms. The highest BCUT2D eigenvalue weighted by Gasteiger charge is 2.18. The average molecular weight is 246 g/mol. The second-order valence-corrected chi connectivity index (χ2v) is 3.81. The van der Waals surface area contributed by atoms with Gasteiger partial charge in [0.2, 0.25) is 0 Å². The van der Waals surface area contributed by atoms with Gasteiger partial charge in [-0.15, -0.1) is 6.42 Å². The Hall–Kier alpha value is -2.35. The summed E-state index contributed by atoms with van der Waals surface area (Å²) in [6.07, 6.45) is 5.86. The molecule has 18 heavy (non-hydrogen) atoms. The van der Waals surface area contributed by atoms with Gasteiger partial charge in [-0.3, -0.25) is 14.9 Å². The number of terminal acetylenes is 1. The van der Waals surface area contributed by atoms with Gasteiger partial charge >= 0.3 is 0 Å². The van der Waals surface area contributed by atoms with E-state index in [4.69, 9.17) is 6.42 Å². The summed E-state index contributed by atoms with van der Waals surface area (Å²) in [6.45, 7) is 3.40. The topological polar surface area (TPSA) is 72.2 Å². The van der Waals surface area contributed by atoms with Gasteiger partial charge in [0.1, 0.15) is 0 Å². The van der Waals surface area contributed by atoms with Crippen molar-refractivity contribution in [2.45, 2.75) is 26.3 Å². The Bertz CT molecular complexity index is 517. The smallest absolute Gasteiger partial charge is 0.273 e. The van der Waals surface area contributed by atoms with E-state index in [1.165, 1.54) is 12.1 Å². The molecule has 1 rings (SSSR count). The molecular weight excluding hydrogens is 232 g/mol. The third-order valence-electron chi connectivity index (χ3n) is 2.66. The van der Waals surface area contributed by atoms with Crippen molar-refractivity contribution >= 4 is 11.6 Å². The summed E-state index contributed by atoms with van der Waals surface area (Å²) in [5.74, 6) is 2.06. The van der Waals surface area contributed by atoms with Crippen LogP contribution < -0.4 is 5.32 Å². The van der Waals surface area contributed by atoms with Gasteiger partial charge in [-0.25, -0.2) is 0 Å². The van der Waals surface area contributed by atoms with Crippen LogP contribution in [0.25, 0.3) is 0 Å². The largest absolute Gasteiger partial charge is 0.338 e. The van der Waals surface area contributed by atoms with E-state index in [0.29, 0.717) is 12.0 Å². The van der Waals surface area contributed by atoms with Gasteiger partial charge in [0.25, 0.3) is 11.6 Å². The van der Waals surface area contributed by atoms with Crippen molar-refractivity contribution < 1.29 is 9.72 Å². The van der Waals surface area contributed by atoms with Crippen molar-refractivity contribution in [3.8, 4) is 12.3 Å². The summed E-state index contributed by atoms with van der Waals surface area (Å²) in [5, 5.41) is 13.4. The van der Waals surface area contributed by atoms with E-state index in [0.717, 1.165) is 0 Å². The number of hydrogen-bond donors (Lipinski definition) is 1. The van der Waals surface area contributed by atoms with E-state index in [9.17, 15) is 14.9 Å². The van der Waals surface area contributed by atoms with Crippen molar-refractivity contribution in [3.05, 3.63) is 39.4 Å². The van der Waals surface area contributed by atoms with Crippen LogP contribution in [-0.2, 0) is 0 Å². The third-order valence-corrected chi connectivity index (χ3v) is 2.66. The van der Waals surface area contributed by atoms with Crippen molar-refractivity contribution in [3.63, 3.8) is 0 Å². The molecule has 0 fully saturated rings. The number of rotatable bonds is 4. The van der Waals surface area contributed by atoms with Gasteiger partial charge < -0.3 is 5.32 Å². The molecule has 1 atom stereocenters. The lowest BCUT2D eigenvalue weighted by molar-refractivity contribution is -0.385. The lowest BCUT2D eigenvalue weighted by Crippen LogP contribution is -2.33. The number of amides is 1. The lowest BCUT2D eigenvalue weighted by Gasteiger charge is -2.12. The molecular formula is C13H14N2O3. The van der Waals surface area contributed by atoms with Gasteiger partial charge in [0, 0.05) is 17.2 Å². The summed E-state index contributed by atoms with van der Waals surface area (Å²) in [7, 11) is 0. The number of nitro benzene ring substituents is 1. The Morgan fingerprint density at radius 3 is 2.78 bits per heavy atom. The zero-order valence-electron chi connectivity index (χ0n) is 10.3. The minimum atomic E-state index is -0.509. The van der Waals surface area contributed by atoms with E-state index < -0.39 is 4.92 Å². The fourth-order valence-electron chi connectivity index (χ4n) is 1.56. The summed E-state index contributed by atoms with van der Waals surface area (Å²) < 4.78 is 0. The average Bonchev–Trinajstić information content (AvgIpc) is 2.35. The molecule has 0 saturated heterocycles. The molecule has 0 aliphatic rings. The van der Waals surface area contributed by atoms with Crippen LogP contribution in [0.5, 0.6) is 0 Å². The Morgan fingerprint density at radius 1 is 1.61 bits per heavy atom. The van der Waals surface area contributed by atoms with E-state index in [1.807, 2.05) is 6.92 Å². The zero-order chi connectivity index (χ0) is 13.7. The summed E-state index contributed by atoms with van der Waals surface area (Å²) in [5.41, 5.74) is 0.543. The number of carbonyl (C=O) groups excluding carboxylic acids is 1. The molecule has 1 amide bonds. The maximum atomic E-state index is 11.9. The molecule has 94 valence electrons. The van der Waals surface area contributed by atoms with Gasteiger partial charge in [-0.2, -0.15) is 0 Å². The first-order valence-electron chi connectivity index (χ1n) is 5.52. The van der Waals surface area contributed by atoms with E-state index in [1.54, 1.807) is 13.0 Å². The lowest BCUT2D eigenvalue weighted by atomic mass is 10.1. The minimum Gasteiger partial charge on any atom is -0.338 e. The molecule has 5 nitrogen and oxygen atoms in total. The maximum absolute atomic E-state index is 11.9. The Kier molecular flexibility index (Phi) is 4.44. The summed E-state index contributed by atoms with van der Waals surface area (Å²) in [4.78, 5) is 22.2. The highest BCUT2D eigenvalue weighted by Crippen LogP contribution is 2.21. The Balaban J connectivity index is 3.04. The number of benzene rings is 1. The number of carbonyl (C=O) groups is 1. The molecule has 0 aromatic heterocycles. The molecule has 5 heteroatoms. The first-order valence-corrected chi connectivity index (χ1v) is 5.52. The van der Waals surface area contributed by atoms with E-state index in [-0.39, 0.29) is 23.2 Å². The first-order chi connectivity index (χ1) is 8.51. The molecule has 1 aromatic carbocycles. The Labute approximate surface area is 105 Å². The number of nitrogens with zero attached hydrogens (tertiary/aromatic N) is 1. The molecule has 1 unspecified atom stereocenters. The summed E-state index contributed by atoms with van der Waals surface area (Å²) in [6, 6.07) is 4.03.